The fraction of sp³-hybridized carbons (Fsp3) is 0.409. The molecule has 0 unspecified atom stereocenters. The molecule has 2 aromatic rings. The summed E-state index contributed by atoms with van der Waals surface area (Å²) < 4.78 is 10.5. The lowest BCUT2D eigenvalue weighted by molar-refractivity contribution is -0.121. The van der Waals surface area contributed by atoms with Crippen molar-refractivity contribution in [2.75, 3.05) is 14.2 Å². The van der Waals surface area contributed by atoms with Crippen molar-refractivity contribution in [3.05, 3.63) is 59.2 Å². The molecule has 1 atom stereocenters. The topological polar surface area (TPSA) is 47.6 Å². The van der Waals surface area contributed by atoms with E-state index in [1.54, 1.807) is 14.2 Å². The Bertz CT molecular complexity index is 723. The maximum absolute atomic E-state index is 12.6. The van der Waals surface area contributed by atoms with E-state index in [1.807, 2.05) is 49.4 Å². The first kappa shape index (κ1) is 19.8. The third kappa shape index (κ3) is 5.51. The maximum Gasteiger partial charge on any atom is 0.224 e. The van der Waals surface area contributed by atoms with E-state index < -0.39 is 0 Å². The first-order valence-corrected chi connectivity index (χ1v) is 8.99. The van der Waals surface area contributed by atoms with Gasteiger partial charge in [-0.1, -0.05) is 38.1 Å². The molecule has 1 N–H and O–H groups in total. The summed E-state index contributed by atoms with van der Waals surface area (Å²) in [5, 5.41) is 3.19. The van der Waals surface area contributed by atoms with Gasteiger partial charge >= 0.3 is 0 Å². The molecule has 0 aliphatic heterocycles. The van der Waals surface area contributed by atoms with E-state index >= 15 is 0 Å². The molecule has 0 radical (unpaired) electrons. The highest BCUT2D eigenvalue weighted by atomic mass is 16.5. The largest absolute Gasteiger partial charge is 0.497 e. The van der Waals surface area contributed by atoms with Crippen LogP contribution in [0.1, 0.15) is 43.0 Å². The van der Waals surface area contributed by atoms with Crippen LogP contribution in [0.25, 0.3) is 0 Å². The standard InChI is InChI=1S/C22H29NO3/c1-15(2)12-20(18-7-9-19(25-4)10-8-18)23-22(24)14-17-6-11-21(26-5)16(3)13-17/h6-11,13,15,20H,12,14H2,1-5H3,(H,23,24)/t20-/m0/s1. The van der Waals surface area contributed by atoms with Gasteiger partial charge in [-0.3, -0.25) is 4.79 Å². The molecule has 140 valence electrons. The van der Waals surface area contributed by atoms with E-state index in [9.17, 15) is 4.79 Å². The molecule has 0 aliphatic carbocycles. The normalized spacial score (nSPS) is 11.9. The van der Waals surface area contributed by atoms with Gasteiger partial charge in [0.1, 0.15) is 11.5 Å². The molecule has 26 heavy (non-hydrogen) atoms. The number of methoxy groups -OCH3 is 2. The Labute approximate surface area is 156 Å². The van der Waals surface area contributed by atoms with Crippen LogP contribution in [0.2, 0.25) is 0 Å². The van der Waals surface area contributed by atoms with Crippen molar-refractivity contribution in [1.29, 1.82) is 0 Å². The Balaban J connectivity index is 2.09. The minimum atomic E-state index is -0.00671. The van der Waals surface area contributed by atoms with Gasteiger partial charge in [0.2, 0.25) is 5.91 Å². The fourth-order valence-corrected chi connectivity index (χ4v) is 3.07. The lowest BCUT2D eigenvalue weighted by Crippen LogP contribution is -2.30. The molecule has 2 aromatic carbocycles. The van der Waals surface area contributed by atoms with Gasteiger partial charge in [0, 0.05) is 0 Å². The van der Waals surface area contributed by atoms with Crippen molar-refractivity contribution in [2.45, 2.75) is 39.7 Å². The third-order valence-corrected chi connectivity index (χ3v) is 4.38. The molecular weight excluding hydrogens is 326 g/mol. The molecule has 0 fully saturated rings. The van der Waals surface area contributed by atoms with E-state index in [4.69, 9.17) is 9.47 Å². The molecule has 0 spiro atoms. The Morgan fingerprint density at radius 3 is 2.27 bits per heavy atom. The number of rotatable bonds is 8. The van der Waals surface area contributed by atoms with Crippen LogP contribution >= 0.6 is 0 Å². The Morgan fingerprint density at radius 1 is 1.04 bits per heavy atom. The lowest BCUT2D eigenvalue weighted by Gasteiger charge is -2.21. The van der Waals surface area contributed by atoms with Crippen LogP contribution in [-0.2, 0) is 11.2 Å². The highest BCUT2D eigenvalue weighted by Gasteiger charge is 2.17. The second kappa shape index (κ2) is 9.27. The Hall–Kier alpha value is -2.49. The zero-order valence-electron chi connectivity index (χ0n) is 16.3. The Morgan fingerprint density at radius 2 is 1.73 bits per heavy atom. The van der Waals surface area contributed by atoms with Gasteiger partial charge in [-0.05, 0) is 54.2 Å². The smallest absolute Gasteiger partial charge is 0.224 e. The number of ether oxygens (including phenoxy) is 2. The summed E-state index contributed by atoms with van der Waals surface area (Å²) in [5.74, 6) is 2.16. The van der Waals surface area contributed by atoms with Crippen LogP contribution in [0, 0.1) is 12.8 Å². The summed E-state index contributed by atoms with van der Waals surface area (Å²) in [6, 6.07) is 13.7. The van der Waals surface area contributed by atoms with E-state index in [0.29, 0.717) is 12.3 Å². The number of carbonyl (C=O) groups excluding carboxylic acids is 1. The van der Waals surface area contributed by atoms with Crippen LogP contribution in [0.15, 0.2) is 42.5 Å². The van der Waals surface area contributed by atoms with E-state index in [-0.39, 0.29) is 11.9 Å². The number of nitrogens with one attached hydrogen (secondary N) is 1. The predicted molar refractivity (Wildman–Crippen MR) is 105 cm³/mol. The number of aryl methyl sites for hydroxylation is 1. The average molecular weight is 355 g/mol. The first-order valence-electron chi connectivity index (χ1n) is 8.99. The van der Waals surface area contributed by atoms with Crippen molar-refractivity contribution < 1.29 is 14.3 Å². The van der Waals surface area contributed by atoms with E-state index in [2.05, 4.69) is 19.2 Å². The molecule has 2 rings (SSSR count). The zero-order chi connectivity index (χ0) is 19.1. The van der Waals surface area contributed by atoms with Crippen molar-refractivity contribution in [2.24, 2.45) is 5.92 Å². The minimum absolute atomic E-state index is 0.00671. The number of hydrogen-bond donors (Lipinski definition) is 1. The van der Waals surface area contributed by atoms with Crippen LogP contribution in [0.5, 0.6) is 11.5 Å². The number of amides is 1. The highest BCUT2D eigenvalue weighted by molar-refractivity contribution is 5.79. The molecule has 0 aromatic heterocycles. The fourth-order valence-electron chi connectivity index (χ4n) is 3.07. The van der Waals surface area contributed by atoms with Crippen LogP contribution in [0.3, 0.4) is 0 Å². The van der Waals surface area contributed by atoms with Crippen LogP contribution in [0.4, 0.5) is 0 Å². The molecule has 4 heteroatoms. The van der Waals surface area contributed by atoms with Crippen molar-refractivity contribution in [3.8, 4) is 11.5 Å². The molecule has 0 bridgehead atoms. The van der Waals surface area contributed by atoms with Gasteiger partial charge in [-0.25, -0.2) is 0 Å². The molecular formula is C22H29NO3. The monoisotopic (exact) mass is 355 g/mol. The van der Waals surface area contributed by atoms with Crippen molar-refractivity contribution in [3.63, 3.8) is 0 Å². The quantitative estimate of drug-likeness (QED) is 0.760. The summed E-state index contributed by atoms with van der Waals surface area (Å²) in [5.41, 5.74) is 3.12. The number of carbonyl (C=O) groups is 1. The van der Waals surface area contributed by atoms with Gasteiger partial charge in [0.05, 0.1) is 26.7 Å². The van der Waals surface area contributed by atoms with E-state index in [1.165, 1.54) is 0 Å². The maximum atomic E-state index is 12.6. The summed E-state index contributed by atoms with van der Waals surface area (Å²) >= 11 is 0. The van der Waals surface area contributed by atoms with Crippen molar-refractivity contribution in [1.82, 2.24) is 5.32 Å². The molecule has 0 saturated carbocycles. The summed E-state index contributed by atoms with van der Waals surface area (Å²) in [7, 11) is 3.30. The number of hydrogen-bond acceptors (Lipinski definition) is 3. The van der Waals surface area contributed by atoms with Crippen molar-refractivity contribution >= 4 is 5.91 Å². The lowest BCUT2D eigenvalue weighted by atomic mass is 9.96. The zero-order valence-corrected chi connectivity index (χ0v) is 16.3. The molecule has 0 saturated heterocycles. The third-order valence-electron chi connectivity index (χ3n) is 4.38. The second-order valence-electron chi connectivity index (χ2n) is 7.00. The summed E-state index contributed by atoms with van der Waals surface area (Å²) in [4.78, 5) is 12.6. The van der Waals surface area contributed by atoms with Gasteiger partial charge < -0.3 is 14.8 Å². The highest BCUT2D eigenvalue weighted by Crippen LogP contribution is 2.24. The second-order valence-corrected chi connectivity index (χ2v) is 7.00. The van der Waals surface area contributed by atoms with Gasteiger partial charge in [-0.2, -0.15) is 0 Å². The van der Waals surface area contributed by atoms with Gasteiger partial charge in [0.15, 0.2) is 0 Å². The molecule has 4 nitrogen and oxygen atoms in total. The predicted octanol–water partition coefficient (Wildman–Crippen LogP) is 4.46. The first-order chi connectivity index (χ1) is 12.4. The van der Waals surface area contributed by atoms with Gasteiger partial charge in [0.25, 0.3) is 0 Å². The summed E-state index contributed by atoms with van der Waals surface area (Å²) in [6.45, 7) is 6.31. The number of benzene rings is 2. The van der Waals surface area contributed by atoms with Crippen LogP contribution in [-0.4, -0.2) is 20.1 Å². The molecule has 0 heterocycles. The van der Waals surface area contributed by atoms with Crippen LogP contribution < -0.4 is 14.8 Å². The Kier molecular flexibility index (Phi) is 7.07. The molecule has 0 aliphatic rings. The average Bonchev–Trinajstić information content (AvgIpc) is 2.61. The minimum Gasteiger partial charge on any atom is -0.497 e. The summed E-state index contributed by atoms with van der Waals surface area (Å²) in [6.07, 6.45) is 1.25. The van der Waals surface area contributed by atoms with Gasteiger partial charge in [-0.15, -0.1) is 0 Å². The molecule has 1 amide bonds. The van der Waals surface area contributed by atoms with E-state index in [0.717, 1.165) is 34.6 Å². The SMILES string of the molecule is COc1ccc([C@H](CC(C)C)NC(=O)Cc2ccc(OC)c(C)c2)cc1.